The summed E-state index contributed by atoms with van der Waals surface area (Å²) in [6, 6.07) is 16.9. The summed E-state index contributed by atoms with van der Waals surface area (Å²) in [6.07, 6.45) is -0.438. The Bertz CT molecular complexity index is 1570. The number of methoxy groups -OCH3 is 1. The number of likely N-dealkylation sites (tertiary alicyclic amines) is 2. The van der Waals surface area contributed by atoms with Gasteiger partial charge in [0.1, 0.15) is 29.6 Å². The number of esters is 2. The highest BCUT2D eigenvalue weighted by Gasteiger charge is 2.32. The van der Waals surface area contributed by atoms with Crippen LogP contribution in [0.5, 0.6) is 23.0 Å². The third-order valence-electron chi connectivity index (χ3n) is 7.62. The van der Waals surface area contributed by atoms with Crippen molar-refractivity contribution in [1.82, 2.24) is 9.80 Å². The fraction of sp³-hybridized carbons (Fsp3) is 0.333. The first-order chi connectivity index (χ1) is 21.1. The molecule has 0 saturated carbocycles. The standard InChI is InChI=1S/C33H34N2O9/c1-20-26(17-25(43-28-11-13-35(3)31(28)37)18-29(20)41-19-21-8-6-5-7-9-21)33(39)44-24-15-22(32(38)40-4)14-23(16-24)42-27-10-12-34(2)30(27)36/h5-9,14-18,27-28H,10-13,19H2,1-4H3. The first-order valence-electron chi connectivity index (χ1n) is 14.2. The van der Waals surface area contributed by atoms with Crippen LogP contribution in [0, 0.1) is 6.92 Å². The van der Waals surface area contributed by atoms with Gasteiger partial charge in [0.25, 0.3) is 11.8 Å². The van der Waals surface area contributed by atoms with E-state index in [1.54, 1.807) is 36.9 Å². The first-order valence-corrected chi connectivity index (χ1v) is 14.2. The minimum absolute atomic E-state index is 0.0109. The Morgan fingerprint density at radius 1 is 0.795 bits per heavy atom. The Labute approximate surface area is 255 Å². The van der Waals surface area contributed by atoms with Crippen molar-refractivity contribution in [2.24, 2.45) is 0 Å². The molecule has 3 aromatic rings. The molecule has 2 heterocycles. The van der Waals surface area contributed by atoms with Gasteiger partial charge in [-0.3, -0.25) is 9.59 Å². The molecule has 2 unspecified atom stereocenters. The lowest BCUT2D eigenvalue weighted by atomic mass is 10.1. The topological polar surface area (TPSA) is 121 Å². The fourth-order valence-corrected chi connectivity index (χ4v) is 5.05. The van der Waals surface area contributed by atoms with E-state index >= 15 is 0 Å². The van der Waals surface area contributed by atoms with Gasteiger partial charge in [-0.2, -0.15) is 0 Å². The van der Waals surface area contributed by atoms with E-state index in [1.807, 2.05) is 30.3 Å². The molecule has 0 radical (unpaired) electrons. The lowest BCUT2D eigenvalue weighted by Gasteiger charge is -2.18. The third-order valence-corrected chi connectivity index (χ3v) is 7.62. The van der Waals surface area contributed by atoms with Gasteiger partial charge in [0.05, 0.1) is 18.2 Å². The molecule has 2 atom stereocenters. The van der Waals surface area contributed by atoms with Crippen LogP contribution in [0.4, 0.5) is 0 Å². The smallest absolute Gasteiger partial charge is 0.344 e. The van der Waals surface area contributed by atoms with Crippen LogP contribution in [0.15, 0.2) is 60.7 Å². The molecule has 2 aliphatic heterocycles. The largest absolute Gasteiger partial charge is 0.488 e. The maximum atomic E-state index is 13.6. The van der Waals surface area contributed by atoms with Gasteiger partial charge in [-0.05, 0) is 30.7 Å². The van der Waals surface area contributed by atoms with Crippen LogP contribution in [-0.4, -0.2) is 80.1 Å². The second-order valence-electron chi connectivity index (χ2n) is 10.8. The molecule has 11 heteroatoms. The lowest BCUT2D eigenvalue weighted by molar-refractivity contribution is -0.132. The maximum Gasteiger partial charge on any atom is 0.344 e. The van der Waals surface area contributed by atoms with E-state index in [0.29, 0.717) is 37.2 Å². The van der Waals surface area contributed by atoms with Gasteiger partial charge >= 0.3 is 11.9 Å². The number of rotatable bonds is 10. The Kier molecular flexibility index (Phi) is 9.03. The molecule has 11 nitrogen and oxygen atoms in total. The molecule has 2 aliphatic rings. The van der Waals surface area contributed by atoms with Crippen LogP contribution in [-0.2, 0) is 20.9 Å². The molecule has 230 valence electrons. The van der Waals surface area contributed by atoms with Gasteiger partial charge in [0.15, 0.2) is 12.2 Å². The quantitative estimate of drug-likeness (QED) is 0.252. The molecule has 44 heavy (non-hydrogen) atoms. The molecule has 5 rings (SSSR count). The second kappa shape index (κ2) is 13.1. The Morgan fingerprint density at radius 3 is 1.95 bits per heavy atom. The normalized spacial score (nSPS) is 17.9. The van der Waals surface area contributed by atoms with E-state index in [1.165, 1.54) is 31.4 Å². The van der Waals surface area contributed by atoms with Crippen molar-refractivity contribution in [3.05, 3.63) is 82.9 Å². The summed E-state index contributed by atoms with van der Waals surface area (Å²) in [6.45, 7) is 3.06. The van der Waals surface area contributed by atoms with Gasteiger partial charge in [-0.25, -0.2) is 9.59 Å². The number of ether oxygens (including phenoxy) is 5. The Hall–Kier alpha value is -5.06. The zero-order valence-corrected chi connectivity index (χ0v) is 25.0. The van der Waals surface area contributed by atoms with Gasteiger partial charge in [0, 0.05) is 57.7 Å². The monoisotopic (exact) mass is 602 g/mol. The molecule has 0 spiro atoms. The van der Waals surface area contributed by atoms with Crippen LogP contribution in [0.25, 0.3) is 0 Å². The highest BCUT2D eigenvalue weighted by molar-refractivity contribution is 5.95. The van der Waals surface area contributed by atoms with Crippen LogP contribution < -0.4 is 18.9 Å². The number of benzene rings is 3. The first kappa shape index (κ1) is 30.4. The van der Waals surface area contributed by atoms with Crippen molar-refractivity contribution in [2.75, 3.05) is 34.3 Å². The molecule has 2 amide bonds. The second-order valence-corrected chi connectivity index (χ2v) is 10.8. The van der Waals surface area contributed by atoms with Crippen molar-refractivity contribution < 1.29 is 42.9 Å². The summed E-state index contributed by atoms with van der Waals surface area (Å²) < 4.78 is 28.6. The molecule has 0 bridgehead atoms. The van der Waals surface area contributed by atoms with Crippen molar-refractivity contribution in [3.63, 3.8) is 0 Å². The number of carbonyl (C=O) groups excluding carboxylic acids is 4. The molecular weight excluding hydrogens is 568 g/mol. The lowest BCUT2D eigenvalue weighted by Crippen LogP contribution is -2.29. The van der Waals surface area contributed by atoms with Crippen LogP contribution >= 0.6 is 0 Å². The summed E-state index contributed by atoms with van der Waals surface area (Å²) in [4.78, 5) is 54.2. The number of likely N-dealkylation sites (N-methyl/N-ethyl adjacent to an activating group) is 2. The summed E-state index contributed by atoms with van der Waals surface area (Å²) in [5.74, 6) is -0.918. The van der Waals surface area contributed by atoms with Gasteiger partial charge in [0.2, 0.25) is 0 Å². The van der Waals surface area contributed by atoms with E-state index in [0.717, 1.165) is 5.56 Å². The van der Waals surface area contributed by atoms with E-state index in [2.05, 4.69) is 0 Å². The predicted octanol–water partition coefficient (Wildman–Crippen LogP) is 3.80. The Morgan fingerprint density at radius 2 is 1.39 bits per heavy atom. The number of nitrogens with zero attached hydrogens (tertiary/aromatic N) is 2. The predicted molar refractivity (Wildman–Crippen MR) is 158 cm³/mol. The highest BCUT2D eigenvalue weighted by Crippen LogP contribution is 2.33. The van der Waals surface area contributed by atoms with Crippen molar-refractivity contribution in [2.45, 2.75) is 38.6 Å². The molecule has 0 N–H and O–H groups in total. The minimum atomic E-state index is -0.753. The van der Waals surface area contributed by atoms with E-state index in [9.17, 15) is 19.2 Å². The molecule has 3 aromatic carbocycles. The SMILES string of the molecule is COC(=O)c1cc(OC(=O)c2cc(OC3CCN(C)C3=O)cc(OCc3ccccc3)c2C)cc(OC2CCN(C)C2=O)c1. The molecule has 0 aromatic heterocycles. The van der Waals surface area contributed by atoms with Crippen molar-refractivity contribution in [3.8, 4) is 23.0 Å². The molecule has 0 aliphatic carbocycles. The fourth-order valence-electron chi connectivity index (χ4n) is 5.05. The number of hydrogen-bond acceptors (Lipinski definition) is 9. The van der Waals surface area contributed by atoms with E-state index in [4.69, 9.17) is 23.7 Å². The number of hydrogen-bond donors (Lipinski definition) is 0. The molecule has 2 saturated heterocycles. The van der Waals surface area contributed by atoms with Gasteiger partial charge in [-0.15, -0.1) is 0 Å². The van der Waals surface area contributed by atoms with E-state index in [-0.39, 0.29) is 46.8 Å². The molecular formula is C33H34N2O9. The summed E-state index contributed by atoms with van der Waals surface area (Å²) >= 11 is 0. The van der Waals surface area contributed by atoms with Crippen molar-refractivity contribution in [1.29, 1.82) is 0 Å². The summed E-state index contributed by atoms with van der Waals surface area (Å²) in [5.41, 5.74) is 1.64. The third kappa shape index (κ3) is 6.77. The zero-order valence-electron chi connectivity index (χ0n) is 25.0. The van der Waals surface area contributed by atoms with E-state index < -0.39 is 24.1 Å². The summed E-state index contributed by atoms with van der Waals surface area (Å²) in [5, 5.41) is 0. The Balaban J connectivity index is 1.44. The molecule has 2 fully saturated rings. The van der Waals surface area contributed by atoms with Crippen LogP contribution in [0.2, 0.25) is 0 Å². The zero-order chi connectivity index (χ0) is 31.4. The maximum absolute atomic E-state index is 13.6. The number of carbonyl (C=O) groups is 4. The van der Waals surface area contributed by atoms with Crippen molar-refractivity contribution >= 4 is 23.8 Å². The van der Waals surface area contributed by atoms with Gasteiger partial charge < -0.3 is 33.5 Å². The van der Waals surface area contributed by atoms with Gasteiger partial charge in [-0.1, -0.05) is 30.3 Å². The summed E-state index contributed by atoms with van der Waals surface area (Å²) in [7, 11) is 4.62. The number of amides is 2. The van der Waals surface area contributed by atoms with Crippen LogP contribution in [0.1, 0.15) is 44.7 Å². The highest BCUT2D eigenvalue weighted by atomic mass is 16.5. The average molecular weight is 603 g/mol. The average Bonchev–Trinajstić information content (AvgIpc) is 3.51. The minimum Gasteiger partial charge on any atom is -0.488 e. The van der Waals surface area contributed by atoms with Crippen LogP contribution in [0.3, 0.4) is 0 Å².